The highest BCUT2D eigenvalue weighted by molar-refractivity contribution is 7.89. The van der Waals surface area contributed by atoms with Crippen molar-refractivity contribution in [1.82, 2.24) is 9.62 Å². The van der Waals surface area contributed by atoms with Crippen LogP contribution in [0.15, 0.2) is 53.4 Å². The number of amides is 1. The molecular formula is C27H34N2O7S. The zero-order valence-corrected chi connectivity index (χ0v) is 22.6. The topological polar surface area (TPSA) is 119 Å². The lowest BCUT2D eigenvalue weighted by atomic mass is 9.88. The van der Waals surface area contributed by atoms with Gasteiger partial charge < -0.3 is 14.8 Å². The van der Waals surface area contributed by atoms with Crippen LogP contribution in [0.1, 0.15) is 44.4 Å². The zero-order valence-electron chi connectivity index (χ0n) is 21.8. The number of carbonyl (C=O) groups is 3. The molecule has 0 aromatic heterocycles. The molecule has 0 radical (unpaired) electrons. The van der Waals surface area contributed by atoms with Crippen molar-refractivity contribution in [3.63, 3.8) is 0 Å². The molecule has 1 aliphatic heterocycles. The normalized spacial score (nSPS) is 18.1. The van der Waals surface area contributed by atoms with Gasteiger partial charge in [0.15, 0.2) is 0 Å². The van der Waals surface area contributed by atoms with Crippen molar-refractivity contribution in [3.05, 3.63) is 65.2 Å². The van der Waals surface area contributed by atoms with E-state index in [0.717, 1.165) is 9.87 Å². The van der Waals surface area contributed by atoms with E-state index in [-0.39, 0.29) is 31.1 Å². The molecular weight excluding hydrogens is 496 g/mol. The summed E-state index contributed by atoms with van der Waals surface area (Å²) in [6, 6.07) is 12.0. The third kappa shape index (κ3) is 5.70. The smallest absolute Gasteiger partial charge is 0.344 e. The first-order chi connectivity index (χ1) is 17.5. The van der Waals surface area contributed by atoms with Crippen LogP contribution in [0.5, 0.6) is 0 Å². The van der Waals surface area contributed by atoms with E-state index in [4.69, 9.17) is 9.47 Å². The average molecular weight is 531 g/mol. The molecule has 1 unspecified atom stereocenters. The summed E-state index contributed by atoms with van der Waals surface area (Å²) >= 11 is 0. The minimum atomic E-state index is -4.16. The minimum Gasteiger partial charge on any atom is -0.464 e. The quantitative estimate of drug-likeness (QED) is 0.432. The molecule has 0 saturated heterocycles. The van der Waals surface area contributed by atoms with E-state index in [1.165, 1.54) is 12.1 Å². The number of hydrogen-bond donors (Lipinski definition) is 1. The molecule has 200 valence electrons. The molecule has 9 nitrogen and oxygen atoms in total. The second-order valence-corrected chi connectivity index (χ2v) is 11.2. The summed E-state index contributed by atoms with van der Waals surface area (Å²) in [6.07, 6.45) is -0.254. The maximum atomic E-state index is 13.9. The molecule has 2 aromatic rings. The SMILES string of the molecule is CCOC(=O)C1(C(=O)OCC)Cc2ccccc2CN(S(=O)(=O)c2ccc(C)cc2)C(C(C)C)C(=O)N1. The van der Waals surface area contributed by atoms with Crippen LogP contribution in [0, 0.1) is 12.8 Å². The Morgan fingerprint density at radius 3 is 2.05 bits per heavy atom. The zero-order chi connectivity index (χ0) is 27.4. The van der Waals surface area contributed by atoms with Crippen molar-refractivity contribution >= 4 is 27.9 Å². The first-order valence-corrected chi connectivity index (χ1v) is 13.7. The number of nitrogens with zero attached hydrogens (tertiary/aromatic N) is 1. The van der Waals surface area contributed by atoms with Crippen LogP contribution in [0.3, 0.4) is 0 Å². The van der Waals surface area contributed by atoms with Gasteiger partial charge in [-0.3, -0.25) is 4.79 Å². The Morgan fingerprint density at radius 1 is 1.00 bits per heavy atom. The van der Waals surface area contributed by atoms with Crippen LogP contribution in [-0.2, 0) is 46.8 Å². The number of carbonyl (C=O) groups excluding carboxylic acids is 3. The van der Waals surface area contributed by atoms with Crippen molar-refractivity contribution < 1.29 is 32.3 Å². The van der Waals surface area contributed by atoms with Crippen LogP contribution in [0.2, 0.25) is 0 Å². The maximum absolute atomic E-state index is 13.9. The second-order valence-electron chi connectivity index (χ2n) is 9.33. The lowest BCUT2D eigenvalue weighted by Gasteiger charge is -2.34. The Morgan fingerprint density at radius 2 is 1.54 bits per heavy atom. The van der Waals surface area contributed by atoms with Gasteiger partial charge in [0, 0.05) is 13.0 Å². The van der Waals surface area contributed by atoms with Crippen molar-refractivity contribution in [2.75, 3.05) is 13.2 Å². The number of hydrogen-bond acceptors (Lipinski definition) is 7. The van der Waals surface area contributed by atoms with Crippen LogP contribution in [-0.4, -0.2) is 55.4 Å². The second kappa shape index (κ2) is 11.4. The molecule has 37 heavy (non-hydrogen) atoms. The van der Waals surface area contributed by atoms with Crippen molar-refractivity contribution in [2.45, 2.75) is 64.1 Å². The van der Waals surface area contributed by atoms with E-state index in [2.05, 4.69) is 5.32 Å². The Balaban J connectivity index is 2.27. The average Bonchev–Trinajstić information content (AvgIpc) is 2.90. The fraction of sp³-hybridized carbons (Fsp3) is 0.444. The standard InChI is InChI=1S/C27H34N2O7S/c1-6-35-25(31)27(26(32)36-7-2)16-20-10-8-9-11-21(20)17-29(23(18(3)4)24(30)28-27)37(33,34)22-14-12-19(5)13-15-22/h8-15,18,23H,6-7,16-17H2,1-5H3,(H,28,30). The van der Waals surface area contributed by atoms with Crippen molar-refractivity contribution in [2.24, 2.45) is 5.92 Å². The fourth-order valence-electron chi connectivity index (χ4n) is 4.45. The van der Waals surface area contributed by atoms with Crippen LogP contribution >= 0.6 is 0 Å². The van der Waals surface area contributed by atoms with Crippen LogP contribution < -0.4 is 5.32 Å². The summed E-state index contributed by atoms with van der Waals surface area (Å²) in [7, 11) is -4.16. The van der Waals surface area contributed by atoms with Gasteiger partial charge in [0.1, 0.15) is 6.04 Å². The summed E-state index contributed by atoms with van der Waals surface area (Å²) < 4.78 is 39.5. The molecule has 10 heteroatoms. The van der Waals surface area contributed by atoms with E-state index in [9.17, 15) is 22.8 Å². The number of rotatable bonds is 7. The number of esters is 2. The molecule has 1 N–H and O–H groups in total. The molecule has 0 bridgehead atoms. The monoisotopic (exact) mass is 530 g/mol. The van der Waals surface area contributed by atoms with Crippen molar-refractivity contribution in [3.8, 4) is 0 Å². The highest BCUT2D eigenvalue weighted by Crippen LogP contribution is 2.30. The lowest BCUT2D eigenvalue weighted by Crippen LogP contribution is -2.66. The highest BCUT2D eigenvalue weighted by atomic mass is 32.2. The predicted octanol–water partition coefficient (Wildman–Crippen LogP) is 2.75. The van der Waals surface area contributed by atoms with Gasteiger partial charge in [-0.15, -0.1) is 0 Å². The molecule has 1 amide bonds. The molecule has 0 saturated carbocycles. The third-order valence-corrected chi connectivity index (χ3v) is 8.16. The van der Waals surface area contributed by atoms with E-state index in [1.54, 1.807) is 64.1 Å². The van der Waals surface area contributed by atoms with Crippen LogP contribution in [0.25, 0.3) is 0 Å². The van der Waals surface area contributed by atoms with Gasteiger partial charge in [0.2, 0.25) is 21.5 Å². The van der Waals surface area contributed by atoms with Gasteiger partial charge in [-0.2, -0.15) is 4.31 Å². The Bertz CT molecular complexity index is 1240. The Labute approximate surface area is 218 Å². The van der Waals surface area contributed by atoms with Gasteiger partial charge in [-0.1, -0.05) is 55.8 Å². The first-order valence-electron chi connectivity index (χ1n) is 12.3. The minimum absolute atomic E-state index is 0.0287. The summed E-state index contributed by atoms with van der Waals surface area (Å²) in [5.74, 6) is -3.23. The van der Waals surface area contributed by atoms with E-state index >= 15 is 0 Å². The molecule has 0 aliphatic carbocycles. The summed E-state index contributed by atoms with van der Waals surface area (Å²) in [5, 5.41) is 2.58. The molecule has 1 aliphatic rings. The predicted molar refractivity (Wildman–Crippen MR) is 137 cm³/mol. The molecule has 1 heterocycles. The lowest BCUT2D eigenvalue weighted by molar-refractivity contribution is -0.168. The maximum Gasteiger partial charge on any atom is 0.344 e. The Hall–Kier alpha value is -3.24. The number of aryl methyl sites for hydroxylation is 1. The van der Waals surface area contributed by atoms with Crippen molar-refractivity contribution in [1.29, 1.82) is 0 Å². The molecule has 0 fully saturated rings. The molecule has 0 spiro atoms. The summed E-state index contributed by atoms with van der Waals surface area (Å²) in [5.41, 5.74) is -0.230. The largest absolute Gasteiger partial charge is 0.464 e. The molecule has 2 aromatic carbocycles. The summed E-state index contributed by atoms with van der Waals surface area (Å²) in [6.45, 7) is 8.26. The van der Waals surface area contributed by atoms with Gasteiger partial charge in [-0.25, -0.2) is 18.0 Å². The van der Waals surface area contributed by atoms with E-state index in [1.807, 2.05) is 6.92 Å². The number of sulfonamides is 1. The number of nitrogens with one attached hydrogen (secondary N) is 1. The van der Waals surface area contributed by atoms with Crippen LogP contribution in [0.4, 0.5) is 0 Å². The third-order valence-electron chi connectivity index (χ3n) is 6.32. The van der Waals surface area contributed by atoms with Gasteiger partial charge in [0.25, 0.3) is 0 Å². The van der Waals surface area contributed by atoms with Gasteiger partial charge in [-0.05, 0) is 49.9 Å². The number of fused-ring (bicyclic) bond motifs is 1. The molecule has 1 atom stereocenters. The highest BCUT2D eigenvalue weighted by Gasteiger charge is 2.53. The number of benzene rings is 2. The van der Waals surface area contributed by atoms with Gasteiger partial charge >= 0.3 is 11.9 Å². The Kier molecular flexibility index (Phi) is 8.76. The van der Waals surface area contributed by atoms with E-state index < -0.39 is 45.4 Å². The van der Waals surface area contributed by atoms with Gasteiger partial charge in [0.05, 0.1) is 18.1 Å². The van der Waals surface area contributed by atoms with E-state index in [0.29, 0.717) is 11.1 Å². The fourth-order valence-corrected chi connectivity index (χ4v) is 6.15. The number of ether oxygens (including phenoxy) is 2. The molecule has 3 rings (SSSR count). The first kappa shape index (κ1) is 28.3. The summed E-state index contributed by atoms with van der Waals surface area (Å²) in [4.78, 5) is 40.5.